The van der Waals surface area contributed by atoms with Crippen molar-refractivity contribution in [1.29, 1.82) is 0 Å². The first-order valence-electron chi connectivity index (χ1n) is 9.38. The van der Waals surface area contributed by atoms with Crippen molar-refractivity contribution in [2.75, 3.05) is 41.4 Å². The highest BCUT2D eigenvalue weighted by atomic mass is 16.5. The van der Waals surface area contributed by atoms with E-state index in [-0.39, 0.29) is 24.8 Å². The lowest BCUT2D eigenvalue weighted by Crippen LogP contribution is -2.40. The number of benzene rings is 2. The van der Waals surface area contributed by atoms with Crippen LogP contribution in [0.4, 0.5) is 17.1 Å². The number of para-hydroxylation sites is 2. The molecule has 0 unspecified atom stereocenters. The molecule has 6 nitrogen and oxygen atoms in total. The molecular formula is C21H23N3O3. The Balaban J connectivity index is 1.34. The Morgan fingerprint density at radius 2 is 1.78 bits per heavy atom. The lowest BCUT2D eigenvalue weighted by molar-refractivity contribution is -0.121. The van der Waals surface area contributed by atoms with Gasteiger partial charge in [0.1, 0.15) is 5.75 Å². The van der Waals surface area contributed by atoms with Crippen LogP contribution in [0.1, 0.15) is 19.3 Å². The zero-order chi connectivity index (χ0) is 18.6. The quantitative estimate of drug-likeness (QED) is 0.885. The molecule has 1 fully saturated rings. The highest BCUT2D eigenvalue weighted by Gasteiger charge is 2.25. The Kier molecular flexibility index (Phi) is 4.96. The van der Waals surface area contributed by atoms with Gasteiger partial charge in [0.15, 0.2) is 6.61 Å². The Morgan fingerprint density at radius 3 is 2.56 bits per heavy atom. The summed E-state index contributed by atoms with van der Waals surface area (Å²) < 4.78 is 5.43. The van der Waals surface area contributed by atoms with Crippen LogP contribution in [0.25, 0.3) is 0 Å². The number of rotatable bonds is 5. The van der Waals surface area contributed by atoms with E-state index in [9.17, 15) is 9.59 Å². The number of nitrogens with zero attached hydrogens (tertiary/aromatic N) is 2. The predicted octanol–water partition coefficient (Wildman–Crippen LogP) is 3.04. The summed E-state index contributed by atoms with van der Waals surface area (Å²) in [5.74, 6) is 0.437. The van der Waals surface area contributed by atoms with E-state index in [2.05, 4.69) is 10.2 Å². The molecule has 2 aromatic carbocycles. The fourth-order valence-corrected chi connectivity index (χ4v) is 3.57. The minimum absolute atomic E-state index is 0.0105. The van der Waals surface area contributed by atoms with E-state index in [1.54, 1.807) is 4.90 Å². The van der Waals surface area contributed by atoms with E-state index in [0.29, 0.717) is 12.3 Å². The summed E-state index contributed by atoms with van der Waals surface area (Å²) in [5, 5.41) is 2.91. The zero-order valence-electron chi connectivity index (χ0n) is 15.2. The van der Waals surface area contributed by atoms with Gasteiger partial charge >= 0.3 is 0 Å². The molecule has 0 radical (unpaired) electrons. The Morgan fingerprint density at radius 1 is 1.04 bits per heavy atom. The molecule has 0 aliphatic carbocycles. The van der Waals surface area contributed by atoms with E-state index >= 15 is 0 Å². The van der Waals surface area contributed by atoms with Gasteiger partial charge in [-0.15, -0.1) is 0 Å². The maximum Gasteiger partial charge on any atom is 0.265 e. The van der Waals surface area contributed by atoms with Gasteiger partial charge in [0.05, 0.1) is 5.69 Å². The maximum atomic E-state index is 12.3. The van der Waals surface area contributed by atoms with Crippen molar-refractivity contribution in [3.8, 4) is 5.75 Å². The van der Waals surface area contributed by atoms with Crippen LogP contribution in [0.5, 0.6) is 5.75 Å². The van der Waals surface area contributed by atoms with Gasteiger partial charge in [-0.2, -0.15) is 0 Å². The van der Waals surface area contributed by atoms with Crippen LogP contribution in [0.2, 0.25) is 0 Å². The van der Waals surface area contributed by atoms with Gasteiger partial charge in [-0.05, 0) is 49.2 Å². The smallest absolute Gasteiger partial charge is 0.265 e. The maximum absolute atomic E-state index is 12.3. The monoisotopic (exact) mass is 365 g/mol. The third-order valence-corrected chi connectivity index (χ3v) is 4.99. The summed E-state index contributed by atoms with van der Waals surface area (Å²) in [6.07, 6.45) is 2.71. The van der Waals surface area contributed by atoms with Gasteiger partial charge in [-0.3, -0.25) is 9.59 Å². The molecule has 0 atom stereocenters. The van der Waals surface area contributed by atoms with Gasteiger partial charge in [-0.1, -0.05) is 12.1 Å². The minimum Gasteiger partial charge on any atom is -0.482 e. The Hall–Kier alpha value is -3.02. The number of hydrogen-bond donors (Lipinski definition) is 1. The van der Waals surface area contributed by atoms with Gasteiger partial charge in [-0.25, -0.2) is 0 Å². The number of fused-ring (bicyclic) bond motifs is 1. The average molecular weight is 365 g/mol. The fourth-order valence-electron chi connectivity index (χ4n) is 3.57. The molecule has 0 saturated carbocycles. The van der Waals surface area contributed by atoms with Crippen molar-refractivity contribution in [2.24, 2.45) is 0 Å². The van der Waals surface area contributed by atoms with Crippen LogP contribution in [-0.2, 0) is 9.59 Å². The normalized spacial score (nSPS) is 16.1. The van der Waals surface area contributed by atoms with Crippen molar-refractivity contribution < 1.29 is 14.3 Å². The first kappa shape index (κ1) is 17.4. The molecule has 2 aromatic rings. The van der Waals surface area contributed by atoms with Crippen molar-refractivity contribution in [3.05, 3.63) is 48.5 Å². The average Bonchev–Trinajstić information content (AvgIpc) is 3.22. The van der Waals surface area contributed by atoms with Crippen LogP contribution in [0, 0.1) is 0 Å². The standard InChI is InChI=1S/C21H23N3O3/c25-20(22-16-7-9-17(10-8-16)23-12-3-4-13-23)11-14-24-18-5-1-2-6-19(18)27-15-21(24)26/h1-2,5-10H,3-4,11-15H2,(H,22,25). The summed E-state index contributed by atoms with van der Waals surface area (Å²) in [6.45, 7) is 2.54. The first-order valence-corrected chi connectivity index (χ1v) is 9.38. The predicted molar refractivity (Wildman–Crippen MR) is 105 cm³/mol. The number of ether oxygens (including phenoxy) is 1. The first-order chi connectivity index (χ1) is 13.2. The van der Waals surface area contributed by atoms with Crippen molar-refractivity contribution in [1.82, 2.24) is 0 Å². The van der Waals surface area contributed by atoms with E-state index in [1.807, 2.05) is 48.5 Å². The summed E-state index contributed by atoms with van der Waals surface area (Å²) in [7, 11) is 0. The van der Waals surface area contributed by atoms with Gasteiger partial charge in [0.25, 0.3) is 5.91 Å². The van der Waals surface area contributed by atoms with Crippen molar-refractivity contribution in [2.45, 2.75) is 19.3 Å². The lowest BCUT2D eigenvalue weighted by atomic mass is 10.2. The van der Waals surface area contributed by atoms with Crippen LogP contribution < -0.4 is 19.9 Å². The molecule has 0 bridgehead atoms. The highest BCUT2D eigenvalue weighted by Crippen LogP contribution is 2.31. The second-order valence-corrected chi connectivity index (χ2v) is 6.84. The molecule has 6 heteroatoms. The third-order valence-electron chi connectivity index (χ3n) is 4.99. The van der Waals surface area contributed by atoms with E-state index in [1.165, 1.54) is 18.5 Å². The Bertz CT molecular complexity index is 829. The number of carbonyl (C=O) groups excluding carboxylic acids is 2. The molecule has 2 amide bonds. The molecule has 140 valence electrons. The van der Waals surface area contributed by atoms with Crippen molar-refractivity contribution in [3.63, 3.8) is 0 Å². The molecule has 0 aromatic heterocycles. The van der Waals surface area contributed by atoms with Crippen LogP contribution in [0.3, 0.4) is 0 Å². The third kappa shape index (κ3) is 3.89. The minimum atomic E-state index is -0.128. The van der Waals surface area contributed by atoms with Gasteiger partial charge < -0.3 is 19.9 Å². The second kappa shape index (κ2) is 7.70. The molecule has 2 aliphatic heterocycles. The molecule has 2 heterocycles. The summed E-state index contributed by atoms with van der Waals surface area (Å²) >= 11 is 0. The van der Waals surface area contributed by atoms with Crippen LogP contribution in [-0.4, -0.2) is 38.1 Å². The highest BCUT2D eigenvalue weighted by molar-refractivity contribution is 5.99. The van der Waals surface area contributed by atoms with Crippen molar-refractivity contribution >= 4 is 28.9 Å². The molecule has 2 aliphatic rings. The summed E-state index contributed by atoms with van der Waals surface area (Å²) in [5.41, 5.74) is 2.69. The van der Waals surface area contributed by atoms with E-state index < -0.39 is 0 Å². The SMILES string of the molecule is O=C(CCN1C(=O)COc2ccccc21)Nc1ccc(N2CCCC2)cc1. The van der Waals surface area contributed by atoms with Crippen LogP contribution in [0.15, 0.2) is 48.5 Å². The molecule has 1 N–H and O–H groups in total. The fraction of sp³-hybridized carbons (Fsp3) is 0.333. The summed E-state index contributed by atoms with van der Waals surface area (Å²) in [6, 6.07) is 15.3. The number of carbonyl (C=O) groups is 2. The molecular weight excluding hydrogens is 342 g/mol. The van der Waals surface area contributed by atoms with E-state index in [0.717, 1.165) is 24.5 Å². The lowest BCUT2D eigenvalue weighted by Gasteiger charge is -2.29. The number of amides is 2. The zero-order valence-corrected chi connectivity index (χ0v) is 15.2. The van der Waals surface area contributed by atoms with E-state index in [4.69, 9.17) is 4.74 Å². The largest absolute Gasteiger partial charge is 0.482 e. The van der Waals surface area contributed by atoms with Gasteiger partial charge in [0, 0.05) is 37.4 Å². The van der Waals surface area contributed by atoms with Gasteiger partial charge in [0.2, 0.25) is 5.91 Å². The van der Waals surface area contributed by atoms with Crippen LogP contribution >= 0.6 is 0 Å². The molecule has 0 spiro atoms. The Labute approximate surface area is 158 Å². The topological polar surface area (TPSA) is 61.9 Å². The number of nitrogens with one attached hydrogen (secondary N) is 1. The molecule has 27 heavy (non-hydrogen) atoms. The molecule has 4 rings (SSSR count). The molecule has 1 saturated heterocycles. The second-order valence-electron chi connectivity index (χ2n) is 6.84. The number of anilines is 3. The summed E-state index contributed by atoms with van der Waals surface area (Å²) in [4.78, 5) is 28.5. The number of hydrogen-bond acceptors (Lipinski definition) is 4.